The molecular weight excluding hydrogens is 346 g/mol. The molecule has 130 valence electrons. The SMILES string of the molecule is CCN(C(=O)COC(=O)c1cc(Cl)c2c(c1)OCO2)c1ccccc1. The summed E-state index contributed by atoms with van der Waals surface area (Å²) in [5.41, 5.74) is 0.946. The van der Waals surface area contributed by atoms with Gasteiger partial charge in [-0.2, -0.15) is 0 Å². The van der Waals surface area contributed by atoms with Gasteiger partial charge in [-0.05, 0) is 31.2 Å². The fourth-order valence-corrected chi connectivity index (χ4v) is 2.75. The van der Waals surface area contributed by atoms with Gasteiger partial charge in [-0.3, -0.25) is 4.79 Å². The Hall–Kier alpha value is -2.73. The monoisotopic (exact) mass is 361 g/mol. The third kappa shape index (κ3) is 3.69. The van der Waals surface area contributed by atoms with E-state index in [4.69, 9.17) is 25.8 Å². The predicted octanol–water partition coefficient (Wildman–Crippen LogP) is 3.28. The zero-order chi connectivity index (χ0) is 17.8. The number of para-hydroxylation sites is 1. The summed E-state index contributed by atoms with van der Waals surface area (Å²) >= 11 is 6.05. The van der Waals surface area contributed by atoms with Crippen molar-refractivity contribution in [1.29, 1.82) is 0 Å². The number of hydrogen-bond acceptors (Lipinski definition) is 5. The lowest BCUT2D eigenvalue weighted by Crippen LogP contribution is -2.34. The van der Waals surface area contributed by atoms with Crippen LogP contribution in [-0.4, -0.2) is 31.8 Å². The predicted molar refractivity (Wildman–Crippen MR) is 92.3 cm³/mol. The Labute approximate surface area is 149 Å². The van der Waals surface area contributed by atoms with Crippen molar-refractivity contribution >= 4 is 29.2 Å². The lowest BCUT2D eigenvalue weighted by Gasteiger charge is -2.20. The average molecular weight is 362 g/mol. The number of anilines is 1. The van der Waals surface area contributed by atoms with Gasteiger partial charge in [0.2, 0.25) is 6.79 Å². The highest BCUT2D eigenvalue weighted by atomic mass is 35.5. The van der Waals surface area contributed by atoms with Crippen LogP contribution in [0, 0.1) is 0 Å². The second kappa shape index (κ2) is 7.44. The number of hydrogen-bond donors (Lipinski definition) is 0. The first-order chi connectivity index (χ1) is 12.1. The van der Waals surface area contributed by atoms with Crippen molar-refractivity contribution in [1.82, 2.24) is 0 Å². The molecule has 1 aliphatic heterocycles. The lowest BCUT2D eigenvalue weighted by atomic mass is 10.2. The molecule has 0 unspecified atom stereocenters. The van der Waals surface area contributed by atoms with E-state index in [1.807, 2.05) is 37.3 Å². The number of benzene rings is 2. The van der Waals surface area contributed by atoms with Gasteiger partial charge in [0.1, 0.15) is 0 Å². The fourth-order valence-electron chi connectivity index (χ4n) is 2.48. The molecule has 0 bridgehead atoms. The van der Waals surface area contributed by atoms with Crippen molar-refractivity contribution in [2.24, 2.45) is 0 Å². The number of amides is 1. The number of carbonyl (C=O) groups excluding carboxylic acids is 2. The first-order valence-electron chi connectivity index (χ1n) is 7.72. The van der Waals surface area contributed by atoms with Gasteiger partial charge in [-0.1, -0.05) is 29.8 Å². The number of carbonyl (C=O) groups is 2. The van der Waals surface area contributed by atoms with Crippen LogP contribution in [0.3, 0.4) is 0 Å². The van der Waals surface area contributed by atoms with E-state index in [1.165, 1.54) is 12.1 Å². The lowest BCUT2D eigenvalue weighted by molar-refractivity contribution is -0.121. The minimum Gasteiger partial charge on any atom is -0.454 e. The number of ether oxygens (including phenoxy) is 3. The van der Waals surface area contributed by atoms with Crippen LogP contribution in [0.25, 0.3) is 0 Å². The minimum absolute atomic E-state index is 0.0502. The summed E-state index contributed by atoms with van der Waals surface area (Å²) in [5, 5.41) is 0.257. The molecule has 7 heteroatoms. The maximum absolute atomic E-state index is 12.3. The van der Waals surface area contributed by atoms with E-state index in [9.17, 15) is 9.59 Å². The standard InChI is InChI=1S/C18H16ClNO5/c1-2-20(13-6-4-3-5-7-13)16(21)10-23-18(22)12-8-14(19)17-15(9-12)24-11-25-17/h3-9H,2,10-11H2,1H3. The highest BCUT2D eigenvalue weighted by molar-refractivity contribution is 6.32. The topological polar surface area (TPSA) is 65.1 Å². The first kappa shape index (κ1) is 17.1. The summed E-state index contributed by atoms with van der Waals surface area (Å²) in [5.74, 6) is -0.188. The van der Waals surface area contributed by atoms with Crippen LogP contribution in [0.1, 0.15) is 17.3 Å². The van der Waals surface area contributed by atoms with E-state index in [0.29, 0.717) is 18.0 Å². The van der Waals surface area contributed by atoms with E-state index in [0.717, 1.165) is 5.69 Å². The number of likely N-dealkylation sites (N-methyl/N-ethyl adjacent to an activating group) is 1. The van der Waals surface area contributed by atoms with Crippen LogP contribution in [-0.2, 0) is 9.53 Å². The maximum atomic E-state index is 12.3. The molecule has 0 atom stereocenters. The van der Waals surface area contributed by atoms with Crippen LogP contribution in [0.5, 0.6) is 11.5 Å². The summed E-state index contributed by atoms with van der Waals surface area (Å²) < 4.78 is 15.5. The van der Waals surface area contributed by atoms with Crippen molar-refractivity contribution < 1.29 is 23.8 Å². The summed E-state index contributed by atoms with van der Waals surface area (Å²) in [7, 11) is 0. The van der Waals surface area contributed by atoms with Crippen molar-refractivity contribution in [3.05, 3.63) is 53.1 Å². The highest BCUT2D eigenvalue weighted by Crippen LogP contribution is 2.39. The summed E-state index contributed by atoms with van der Waals surface area (Å²) in [6, 6.07) is 12.1. The van der Waals surface area contributed by atoms with Gasteiger partial charge in [0.15, 0.2) is 18.1 Å². The van der Waals surface area contributed by atoms with Crippen LogP contribution in [0.4, 0.5) is 5.69 Å². The van der Waals surface area contributed by atoms with Crippen molar-refractivity contribution in [2.75, 3.05) is 24.8 Å². The number of rotatable bonds is 5. The zero-order valence-corrected chi connectivity index (χ0v) is 14.3. The zero-order valence-electron chi connectivity index (χ0n) is 13.5. The average Bonchev–Trinajstić information content (AvgIpc) is 3.10. The highest BCUT2D eigenvalue weighted by Gasteiger charge is 2.22. The van der Waals surface area contributed by atoms with E-state index in [-0.39, 0.29) is 29.9 Å². The van der Waals surface area contributed by atoms with E-state index in [2.05, 4.69) is 0 Å². The molecule has 1 aliphatic rings. The Balaban J connectivity index is 1.66. The number of halogens is 1. The number of fused-ring (bicyclic) bond motifs is 1. The van der Waals surface area contributed by atoms with Gasteiger partial charge in [-0.15, -0.1) is 0 Å². The smallest absolute Gasteiger partial charge is 0.338 e. The quantitative estimate of drug-likeness (QED) is 0.765. The van der Waals surface area contributed by atoms with Crippen molar-refractivity contribution in [2.45, 2.75) is 6.92 Å². The summed E-state index contributed by atoms with van der Waals surface area (Å²) in [6.07, 6.45) is 0. The Bertz CT molecular complexity index is 794. The largest absolute Gasteiger partial charge is 0.454 e. The Morgan fingerprint density at radius 1 is 1.20 bits per heavy atom. The van der Waals surface area contributed by atoms with E-state index >= 15 is 0 Å². The molecule has 0 saturated heterocycles. The van der Waals surface area contributed by atoms with Gasteiger partial charge < -0.3 is 19.1 Å². The van der Waals surface area contributed by atoms with E-state index in [1.54, 1.807) is 4.90 Å². The molecule has 0 aromatic heterocycles. The molecule has 0 saturated carbocycles. The molecule has 1 amide bonds. The molecule has 6 nitrogen and oxygen atoms in total. The summed E-state index contributed by atoms with van der Waals surface area (Å²) in [4.78, 5) is 26.1. The van der Waals surface area contributed by atoms with Crippen molar-refractivity contribution in [3.63, 3.8) is 0 Å². The maximum Gasteiger partial charge on any atom is 0.338 e. The molecule has 1 heterocycles. The van der Waals surface area contributed by atoms with Crippen LogP contribution < -0.4 is 14.4 Å². The van der Waals surface area contributed by atoms with Crippen LogP contribution in [0.2, 0.25) is 5.02 Å². The van der Waals surface area contributed by atoms with Gasteiger partial charge in [0.25, 0.3) is 5.91 Å². The third-order valence-electron chi connectivity index (χ3n) is 3.67. The number of nitrogens with zero attached hydrogens (tertiary/aromatic N) is 1. The molecule has 25 heavy (non-hydrogen) atoms. The molecule has 3 rings (SSSR count). The summed E-state index contributed by atoms with van der Waals surface area (Å²) in [6.45, 7) is 2.00. The van der Waals surface area contributed by atoms with Gasteiger partial charge >= 0.3 is 5.97 Å². The van der Waals surface area contributed by atoms with Crippen LogP contribution >= 0.6 is 11.6 Å². The molecule has 0 radical (unpaired) electrons. The van der Waals surface area contributed by atoms with E-state index < -0.39 is 5.97 Å². The Kier molecular flexibility index (Phi) is 5.09. The molecule has 0 fully saturated rings. The second-order valence-corrected chi connectivity index (χ2v) is 5.65. The molecule has 0 N–H and O–H groups in total. The van der Waals surface area contributed by atoms with Gasteiger partial charge in [0, 0.05) is 12.2 Å². The van der Waals surface area contributed by atoms with Crippen molar-refractivity contribution in [3.8, 4) is 11.5 Å². The first-order valence-corrected chi connectivity index (χ1v) is 8.09. The normalized spacial score (nSPS) is 11.9. The molecule has 2 aromatic carbocycles. The molecule has 0 spiro atoms. The Morgan fingerprint density at radius 3 is 2.68 bits per heavy atom. The number of esters is 1. The third-order valence-corrected chi connectivity index (χ3v) is 3.96. The second-order valence-electron chi connectivity index (χ2n) is 5.24. The van der Waals surface area contributed by atoms with Gasteiger partial charge in [0.05, 0.1) is 10.6 Å². The Morgan fingerprint density at radius 2 is 1.96 bits per heavy atom. The van der Waals surface area contributed by atoms with Gasteiger partial charge in [-0.25, -0.2) is 4.79 Å². The minimum atomic E-state index is -0.655. The molecule has 0 aliphatic carbocycles. The molecule has 2 aromatic rings. The molecular formula is C18H16ClNO5. The fraction of sp³-hybridized carbons (Fsp3) is 0.222. The van der Waals surface area contributed by atoms with Crippen LogP contribution in [0.15, 0.2) is 42.5 Å².